The van der Waals surface area contributed by atoms with Crippen LogP contribution in [-0.2, 0) is 6.42 Å². The van der Waals surface area contributed by atoms with Gasteiger partial charge in [-0.05, 0) is 51.1 Å². The van der Waals surface area contributed by atoms with Gasteiger partial charge in [-0.1, -0.05) is 13.3 Å². The Balaban J connectivity index is 2.23. The normalized spacial score (nSPS) is 21.5. The fourth-order valence-electron chi connectivity index (χ4n) is 3.45. The number of aromatic nitrogens is 1. The Morgan fingerprint density at radius 3 is 2.67 bits per heavy atom. The maximum absolute atomic E-state index is 12.5. The van der Waals surface area contributed by atoms with E-state index in [4.69, 9.17) is 5.73 Å². The number of aryl methyl sites for hydroxylation is 1. The molecule has 5 heteroatoms. The quantitative estimate of drug-likeness (QED) is 0.724. The molecule has 1 saturated carbocycles. The summed E-state index contributed by atoms with van der Waals surface area (Å²) in [6.45, 7) is 5.95. The van der Waals surface area contributed by atoms with Crippen LogP contribution in [0.2, 0.25) is 0 Å². The van der Waals surface area contributed by atoms with Crippen LogP contribution in [0.1, 0.15) is 65.2 Å². The van der Waals surface area contributed by atoms with Crippen LogP contribution >= 0.6 is 0 Å². The smallest absolute Gasteiger partial charge is 0.268 e. The monoisotopic (exact) mass is 291 g/mol. The number of hydrogen-bond donors (Lipinski definition) is 3. The van der Waals surface area contributed by atoms with E-state index in [2.05, 4.69) is 10.3 Å². The van der Waals surface area contributed by atoms with Crippen LogP contribution < -0.4 is 11.1 Å². The standard InChI is InChI=1S/C16H25N3O2/c1-4-12-14(10(3)20)9(2)18-15(12)16(21)19-13-7-5-6-11(13)8-17/h11,13,18H,4-8,17H2,1-3H3,(H,19,21). The predicted octanol–water partition coefficient (Wildman–Crippen LogP) is 1.95. The highest BCUT2D eigenvalue weighted by molar-refractivity contribution is 6.02. The molecule has 1 aliphatic rings. The van der Waals surface area contributed by atoms with Crippen LogP contribution in [0.25, 0.3) is 0 Å². The number of rotatable bonds is 5. The molecule has 0 aliphatic heterocycles. The van der Waals surface area contributed by atoms with Crippen molar-refractivity contribution >= 4 is 11.7 Å². The molecule has 1 amide bonds. The highest BCUT2D eigenvalue weighted by Crippen LogP contribution is 2.26. The van der Waals surface area contributed by atoms with E-state index < -0.39 is 0 Å². The molecule has 0 bridgehead atoms. The lowest BCUT2D eigenvalue weighted by atomic mass is 10.0. The average Bonchev–Trinajstić information content (AvgIpc) is 3.01. The van der Waals surface area contributed by atoms with E-state index in [0.29, 0.717) is 30.1 Å². The first-order chi connectivity index (χ1) is 9.99. The van der Waals surface area contributed by atoms with Crippen molar-refractivity contribution in [3.63, 3.8) is 0 Å². The molecule has 116 valence electrons. The van der Waals surface area contributed by atoms with Gasteiger partial charge in [0.1, 0.15) is 5.69 Å². The molecule has 1 aliphatic carbocycles. The Morgan fingerprint density at radius 2 is 2.10 bits per heavy atom. The zero-order chi connectivity index (χ0) is 15.6. The number of carbonyl (C=O) groups is 2. The Kier molecular flexibility index (Phi) is 4.83. The number of amides is 1. The summed E-state index contributed by atoms with van der Waals surface area (Å²) in [7, 11) is 0. The van der Waals surface area contributed by atoms with Crippen molar-refractivity contribution in [1.29, 1.82) is 0 Å². The summed E-state index contributed by atoms with van der Waals surface area (Å²) in [5.41, 5.74) is 8.54. The van der Waals surface area contributed by atoms with Crippen molar-refractivity contribution < 1.29 is 9.59 Å². The van der Waals surface area contributed by atoms with Crippen molar-refractivity contribution in [1.82, 2.24) is 10.3 Å². The number of Topliss-reactive ketones (excluding diaryl/α,β-unsaturated/α-hetero) is 1. The zero-order valence-corrected chi connectivity index (χ0v) is 13.1. The molecule has 1 aromatic heterocycles. The van der Waals surface area contributed by atoms with Crippen molar-refractivity contribution in [2.75, 3.05) is 6.54 Å². The van der Waals surface area contributed by atoms with Gasteiger partial charge in [-0.2, -0.15) is 0 Å². The fraction of sp³-hybridized carbons (Fsp3) is 0.625. The Labute approximate surface area is 125 Å². The van der Waals surface area contributed by atoms with Crippen LogP contribution in [0.3, 0.4) is 0 Å². The van der Waals surface area contributed by atoms with Gasteiger partial charge in [0.2, 0.25) is 0 Å². The molecule has 2 atom stereocenters. The van der Waals surface area contributed by atoms with Crippen LogP contribution in [0.5, 0.6) is 0 Å². The number of nitrogens with two attached hydrogens (primary N) is 1. The summed E-state index contributed by atoms with van der Waals surface area (Å²) in [6, 6.07) is 0.150. The van der Waals surface area contributed by atoms with Crippen molar-refractivity contribution in [2.45, 2.75) is 52.5 Å². The van der Waals surface area contributed by atoms with Crippen molar-refractivity contribution in [2.24, 2.45) is 11.7 Å². The molecule has 1 aromatic rings. The summed E-state index contributed by atoms with van der Waals surface area (Å²) in [5, 5.41) is 3.09. The molecular weight excluding hydrogens is 266 g/mol. The molecule has 5 nitrogen and oxygen atoms in total. The lowest BCUT2D eigenvalue weighted by Gasteiger charge is -2.19. The topological polar surface area (TPSA) is 88.0 Å². The van der Waals surface area contributed by atoms with E-state index in [1.54, 1.807) is 6.92 Å². The second-order valence-corrected chi connectivity index (χ2v) is 5.89. The van der Waals surface area contributed by atoms with Gasteiger partial charge < -0.3 is 16.0 Å². The van der Waals surface area contributed by atoms with Gasteiger partial charge in [-0.25, -0.2) is 0 Å². The minimum Gasteiger partial charge on any atom is -0.354 e. The lowest BCUT2D eigenvalue weighted by Crippen LogP contribution is -2.40. The van der Waals surface area contributed by atoms with E-state index in [1.807, 2.05) is 13.8 Å². The number of aromatic amines is 1. The second kappa shape index (κ2) is 6.43. The van der Waals surface area contributed by atoms with E-state index >= 15 is 0 Å². The summed E-state index contributed by atoms with van der Waals surface area (Å²) < 4.78 is 0. The molecule has 1 fully saturated rings. The predicted molar refractivity (Wildman–Crippen MR) is 82.6 cm³/mol. The molecule has 21 heavy (non-hydrogen) atoms. The molecule has 0 saturated heterocycles. The fourth-order valence-corrected chi connectivity index (χ4v) is 3.45. The first-order valence-electron chi connectivity index (χ1n) is 7.72. The van der Waals surface area contributed by atoms with E-state index in [9.17, 15) is 9.59 Å². The summed E-state index contributed by atoms with van der Waals surface area (Å²) >= 11 is 0. The molecule has 2 rings (SSSR count). The van der Waals surface area contributed by atoms with Gasteiger partial charge >= 0.3 is 0 Å². The van der Waals surface area contributed by atoms with Gasteiger partial charge in [0.25, 0.3) is 5.91 Å². The first-order valence-corrected chi connectivity index (χ1v) is 7.72. The maximum Gasteiger partial charge on any atom is 0.268 e. The molecule has 4 N–H and O–H groups in total. The highest BCUT2D eigenvalue weighted by atomic mass is 16.2. The Hall–Kier alpha value is -1.62. The third-order valence-corrected chi connectivity index (χ3v) is 4.50. The molecule has 0 radical (unpaired) electrons. The number of nitrogens with one attached hydrogen (secondary N) is 2. The summed E-state index contributed by atoms with van der Waals surface area (Å²) in [5.74, 6) is 0.246. The van der Waals surface area contributed by atoms with Crippen molar-refractivity contribution in [3.8, 4) is 0 Å². The highest BCUT2D eigenvalue weighted by Gasteiger charge is 2.29. The summed E-state index contributed by atoms with van der Waals surface area (Å²) in [4.78, 5) is 27.4. The summed E-state index contributed by atoms with van der Waals surface area (Å²) in [6.07, 6.45) is 3.82. The van der Waals surface area contributed by atoms with Crippen LogP contribution in [-0.4, -0.2) is 29.3 Å². The molecular formula is C16H25N3O2. The first kappa shape index (κ1) is 15.8. The Morgan fingerprint density at radius 1 is 1.38 bits per heavy atom. The number of ketones is 1. The number of H-pyrrole nitrogens is 1. The van der Waals surface area contributed by atoms with E-state index in [-0.39, 0.29) is 17.7 Å². The van der Waals surface area contributed by atoms with Crippen LogP contribution in [0, 0.1) is 12.8 Å². The van der Waals surface area contributed by atoms with Gasteiger partial charge in [0, 0.05) is 17.3 Å². The maximum atomic E-state index is 12.5. The third-order valence-electron chi connectivity index (χ3n) is 4.50. The SMILES string of the molecule is CCc1c(C(=O)NC2CCCC2CN)[nH]c(C)c1C(C)=O. The largest absolute Gasteiger partial charge is 0.354 e. The van der Waals surface area contributed by atoms with Gasteiger partial charge in [0.15, 0.2) is 5.78 Å². The molecule has 0 spiro atoms. The second-order valence-electron chi connectivity index (χ2n) is 5.89. The number of hydrogen-bond acceptors (Lipinski definition) is 3. The minimum absolute atomic E-state index is 0.000325. The van der Waals surface area contributed by atoms with Crippen molar-refractivity contribution in [3.05, 3.63) is 22.5 Å². The number of carbonyl (C=O) groups excluding carboxylic acids is 2. The van der Waals surface area contributed by atoms with Gasteiger partial charge in [0.05, 0.1) is 0 Å². The Bertz CT molecular complexity index is 548. The van der Waals surface area contributed by atoms with Gasteiger partial charge in [-0.15, -0.1) is 0 Å². The van der Waals surface area contributed by atoms with Crippen LogP contribution in [0.15, 0.2) is 0 Å². The van der Waals surface area contributed by atoms with Gasteiger partial charge in [-0.3, -0.25) is 9.59 Å². The zero-order valence-electron chi connectivity index (χ0n) is 13.1. The molecule has 1 heterocycles. The van der Waals surface area contributed by atoms with Crippen LogP contribution in [0.4, 0.5) is 0 Å². The van der Waals surface area contributed by atoms with E-state index in [0.717, 1.165) is 30.5 Å². The van der Waals surface area contributed by atoms with E-state index in [1.165, 1.54) is 0 Å². The average molecular weight is 291 g/mol. The molecule has 0 aromatic carbocycles. The molecule has 2 unspecified atom stereocenters. The minimum atomic E-state index is -0.118. The third kappa shape index (κ3) is 3.02. The lowest BCUT2D eigenvalue weighted by molar-refractivity contribution is 0.0923.